The number of anilines is 1. The summed E-state index contributed by atoms with van der Waals surface area (Å²) >= 11 is 0. The summed E-state index contributed by atoms with van der Waals surface area (Å²) < 4.78 is 1.81. The fourth-order valence-corrected chi connectivity index (χ4v) is 1.73. The van der Waals surface area contributed by atoms with Gasteiger partial charge in [-0.1, -0.05) is 37.3 Å². The van der Waals surface area contributed by atoms with Crippen molar-refractivity contribution in [2.45, 2.75) is 26.4 Å². The van der Waals surface area contributed by atoms with Crippen LogP contribution in [0.1, 0.15) is 18.9 Å². The molecule has 5 heteroatoms. The number of rotatable bonds is 5. The van der Waals surface area contributed by atoms with E-state index in [4.69, 9.17) is 0 Å². The van der Waals surface area contributed by atoms with Gasteiger partial charge in [-0.2, -0.15) is 5.10 Å². The zero-order valence-electron chi connectivity index (χ0n) is 11.0. The third-order valence-electron chi connectivity index (χ3n) is 2.64. The molecule has 0 aliphatic carbocycles. The van der Waals surface area contributed by atoms with Gasteiger partial charge < -0.3 is 10.6 Å². The number of hydrogen-bond donors (Lipinski definition) is 2. The van der Waals surface area contributed by atoms with Crippen LogP contribution in [0.5, 0.6) is 0 Å². The third-order valence-corrected chi connectivity index (χ3v) is 2.64. The molecule has 2 rings (SSSR count). The van der Waals surface area contributed by atoms with E-state index < -0.39 is 0 Å². The average molecular weight is 258 g/mol. The number of benzene rings is 1. The molecule has 0 radical (unpaired) electrons. The molecule has 1 aromatic carbocycles. The minimum Gasteiger partial charge on any atom is -0.334 e. The highest BCUT2D eigenvalue weighted by Gasteiger charge is 2.03. The molecule has 0 aliphatic rings. The van der Waals surface area contributed by atoms with E-state index in [2.05, 4.69) is 22.7 Å². The van der Waals surface area contributed by atoms with Gasteiger partial charge in [-0.05, 0) is 12.0 Å². The molecule has 19 heavy (non-hydrogen) atoms. The Hall–Kier alpha value is -2.30. The predicted molar refractivity (Wildman–Crippen MR) is 74.8 cm³/mol. The number of aromatic nitrogens is 2. The lowest BCUT2D eigenvalue weighted by Gasteiger charge is -2.05. The number of nitrogens with zero attached hydrogens (tertiary/aromatic N) is 2. The molecule has 0 bridgehead atoms. The zero-order valence-corrected chi connectivity index (χ0v) is 11.0. The Morgan fingerprint density at radius 3 is 2.84 bits per heavy atom. The molecule has 1 heterocycles. The highest BCUT2D eigenvalue weighted by Crippen LogP contribution is 2.05. The molecular weight excluding hydrogens is 240 g/mol. The summed E-state index contributed by atoms with van der Waals surface area (Å²) in [6.45, 7) is 3.45. The Morgan fingerprint density at radius 1 is 1.32 bits per heavy atom. The van der Waals surface area contributed by atoms with Crippen molar-refractivity contribution in [2.75, 3.05) is 5.32 Å². The topological polar surface area (TPSA) is 59.0 Å². The monoisotopic (exact) mass is 258 g/mol. The normalized spacial score (nSPS) is 10.2. The Kier molecular flexibility index (Phi) is 4.55. The first-order chi connectivity index (χ1) is 9.28. The van der Waals surface area contributed by atoms with Crippen LogP contribution in [-0.2, 0) is 13.1 Å². The number of amides is 2. The van der Waals surface area contributed by atoms with Crippen molar-refractivity contribution in [3.8, 4) is 0 Å². The van der Waals surface area contributed by atoms with Crippen molar-refractivity contribution < 1.29 is 4.79 Å². The van der Waals surface area contributed by atoms with Crippen LogP contribution in [0.25, 0.3) is 0 Å². The molecule has 2 amide bonds. The van der Waals surface area contributed by atoms with Crippen LogP contribution in [0.2, 0.25) is 0 Å². The lowest BCUT2D eigenvalue weighted by molar-refractivity contribution is 0.251. The maximum Gasteiger partial charge on any atom is 0.319 e. The van der Waals surface area contributed by atoms with E-state index in [1.54, 1.807) is 6.20 Å². The molecule has 0 fully saturated rings. The van der Waals surface area contributed by atoms with Crippen molar-refractivity contribution in [1.82, 2.24) is 15.1 Å². The van der Waals surface area contributed by atoms with Gasteiger partial charge in [0.15, 0.2) is 0 Å². The lowest BCUT2D eigenvalue weighted by Crippen LogP contribution is -2.27. The molecule has 1 aromatic heterocycles. The molecule has 0 atom stereocenters. The summed E-state index contributed by atoms with van der Waals surface area (Å²) in [6.07, 6.45) is 4.49. The fourth-order valence-electron chi connectivity index (χ4n) is 1.73. The van der Waals surface area contributed by atoms with Gasteiger partial charge in [-0.25, -0.2) is 4.79 Å². The van der Waals surface area contributed by atoms with Crippen LogP contribution >= 0.6 is 0 Å². The molecule has 0 aliphatic heterocycles. The second-order valence-corrected chi connectivity index (χ2v) is 4.29. The maximum atomic E-state index is 11.7. The van der Waals surface area contributed by atoms with Gasteiger partial charge in [0.05, 0.1) is 11.9 Å². The fraction of sp³-hybridized carbons (Fsp3) is 0.286. The Morgan fingerprint density at radius 2 is 2.11 bits per heavy atom. The van der Waals surface area contributed by atoms with Gasteiger partial charge in [0.1, 0.15) is 0 Å². The number of nitrogens with one attached hydrogen (secondary N) is 2. The van der Waals surface area contributed by atoms with E-state index >= 15 is 0 Å². The molecule has 2 aromatic rings. The molecular formula is C14H18N4O. The molecule has 5 nitrogen and oxygen atoms in total. The van der Waals surface area contributed by atoms with Gasteiger partial charge in [0, 0.05) is 19.3 Å². The molecule has 0 spiro atoms. The SMILES string of the molecule is CCCn1cc(NC(=O)NCc2ccccc2)cn1. The maximum absolute atomic E-state index is 11.7. The second kappa shape index (κ2) is 6.58. The Labute approximate surface area is 112 Å². The first-order valence-corrected chi connectivity index (χ1v) is 6.39. The number of carbonyl (C=O) groups excluding carboxylic acids is 1. The van der Waals surface area contributed by atoms with Crippen LogP contribution in [0.3, 0.4) is 0 Å². The van der Waals surface area contributed by atoms with Gasteiger partial charge in [0.2, 0.25) is 0 Å². The summed E-state index contributed by atoms with van der Waals surface area (Å²) in [6, 6.07) is 9.57. The van der Waals surface area contributed by atoms with E-state index in [0.717, 1.165) is 18.5 Å². The first kappa shape index (κ1) is 13.1. The van der Waals surface area contributed by atoms with Gasteiger partial charge in [-0.15, -0.1) is 0 Å². The third kappa shape index (κ3) is 4.13. The molecule has 0 unspecified atom stereocenters. The van der Waals surface area contributed by atoms with E-state index in [1.165, 1.54) is 0 Å². The lowest BCUT2D eigenvalue weighted by atomic mass is 10.2. The predicted octanol–water partition coefficient (Wildman–Crippen LogP) is 2.61. The minimum absolute atomic E-state index is 0.222. The van der Waals surface area contributed by atoms with Gasteiger partial charge >= 0.3 is 6.03 Å². The molecule has 100 valence electrons. The van der Waals surface area contributed by atoms with Crippen molar-refractivity contribution in [2.24, 2.45) is 0 Å². The van der Waals surface area contributed by atoms with E-state index in [1.807, 2.05) is 41.2 Å². The largest absolute Gasteiger partial charge is 0.334 e. The highest BCUT2D eigenvalue weighted by atomic mass is 16.2. The summed E-state index contributed by atoms with van der Waals surface area (Å²) in [5.41, 5.74) is 1.78. The summed E-state index contributed by atoms with van der Waals surface area (Å²) in [5, 5.41) is 9.71. The summed E-state index contributed by atoms with van der Waals surface area (Å²) in [4.78, 5) is 11.7. The minimum atomic E-state index is -0.222. The van der Waals surface area contributed by atoms with E-state index in [0.29, 0.717) is 12.2 Å². The van der Waals surface area contributed by atoms with Crippen molar-refractivity contribution >= 4 is 11.7 Å². The number of hydrogen-bond acceptors (Lipinski definition) is 2. The van der Waals surface area contributed by atoms with Gasteiger partial charge in [-0.3, -0.25) is 4.68 Å². The smallest absolute Gasteiger partial charge is 0.319 e. The average Bonchev–Trinajstić information content (AvgIpc) is 2.85. The van der Waals surface area contributed by atoms with Crippen molar-refractivity contribution in [3.63, 3.8) is 0 Å². The number of aryl methyl sites for hydroxylation is 1. The molecule has 2 N–H and O–H groups in total. The van der Waals surface area contributed by atoms with Crippen LogP contribution in [0.15, 0.2) is 42.7 Å². The Balaban J connectivity index is 1.80. The van der Waals surface area contributed by atoms with E-state index in [-0.39, 0.29) is 6.03 Å². The van der Waals surface area contributed by atoms with Crippen LogP contribution in [-0.4, -0.2) is 15.8 Å². The molecule has 0 saturated heterocycles. The highest BCUT2D eigenvalue weighted by molar-refractivity contribution is 5.88. The second-order valence-electron chi connectivity index (χ2n) is 4.29. The van der Waals surface area contributed by atoms with Crippen LogP contribution in [0.4, 0.5) is 10.5 Å². The van der Waals surface area contributed by atoms with Crippen molar-refractivity contribution in [3.05, 3.63) is 48.3 Å². The summed E-state index contributed by atoms with van der Waals surface area (Å²) in [7, 11) is 0. The number of urea groups is 1. The summed E-state index contributed by atoms with van der Waals surface area (Å²) in [5.74, 6) is 0. The van der Waals surface area contributed by atoms with Crippen LogP contribution in [0, 0.1) is 0 Å². The number of carbonyl (C=O) groups is 1. The van der Waals surface area contributed by atoms with Crippen LogP contribution < -0.4 is 10.6 Å². The van der Waals surface area contributed by atoms with Gasteiger partial charge in [0.25, 0.3) is 0 Å². The van der Waals surface area contributed by atoms with E-state index in [9.17, 15) is 4.79 Å². The molecule has 0 saturated carbocycles. The zero-order chi connectivity index (χ0) is 13.5. The Bertz CT molecular complexity index is 521. The van der Waals surface area contributed by atoms with Crippen molar-refractivity contribution in [1.29, 1.82) is 0 Å². The first-order valence-electron chi connectivity index (χ1n) is 6.39. The standard InChI is InChI=1S/C14H18N4O/c1-2-8-18-11-13(10-16-18)17-14(19)15-9-12-6-4-3-5-7-12/h3-7,10-11H,2,8-9H2,1H3,(H2,15,17,19). The quantitative estimate of drug-likeness (QED) is 0.866.